The van der Waals surface area contributed by atoms with Gasteiger partial charge in [-0.2, -0.15) is 0 Å². The Kier molecular flexibility index (Phi) is 66.6. The first-order chi connectivity index (χ1) is 46.7. The van der Waals surface area contributed by atoms with Gasteiger partial charge in [0.1, 0.15) is 19.3 Å². The number of phosphoric ester groups is 2. The quantitative estimate of drug-likeness (QED) is 0.0169. The molecule has 19 heteroatoms. The summed E-state index contributed by atoms with van der Waals surface area (Å²) in [6, 6.07) is 0. The van der Waals surface area contributed by atoms with Crippen LogP contribution in [0.15, 0.2) is 97.2 Å². The lowest BCUT2D eigenvalue weighted by Gasteiger charge is -2.21. The number of ether oxygens (including phenoxy) is 4. The molecule has 0 radical (unpaired) electrons. The topological polar surface area (TPSA) is 237 Å². The zero-order valence-corrected chi connectivity index (χ0v) is 62.1. The number of unbranched alkanes of at least 4 members (excludes halogenated alkanes) is 28. The molecule has 96 heavy (non-hydrogen) atoms. The van der Waals surface area contributed by atoms with E-state index in [9.17, 15) is 43.2 Å². The number of carbonyl (C=O) groups excluding carboxylic acids is 4. The van der Waals surface area contributed by atoms with Gasteiger partial charge in [0.05, 0.1) is 26.4 Å². The Morgan fingerprint density at radius 1 is 0.302 bits per heavy atom. The van der Waals surface area contributed by atoms with E-state index in [1.54, 1.807) is 0 Å². The van der Waals surface area contributed by atoms with Crippen LogP contribution in [0.4, 0.5) is 0 Å². The second-order valence-electron chi connectivity index (χ2n) is 24.8. The molecule has 0 rings (SSSR count). The zero-order valence-electron chi connectivity index (χ0n) is 60.3. The Bertz CT molecular complexity index is 2200. The van der Waals surface area contributed by atoms with Crippen LogP contribution in [-0.2, 0) is 65.4 Å². The summed E-state index contributed by atoms with van der Waals surface area (Å²) in [7, 11) is -9.95. The fraction of sp³-hybridized carbons (Fsp3) is 0.740. The van der Waals surface area contributed by atoms with Crippen molar-refractivity contribution in [3.05, 3.63) is 97.2 Å². The van der Waals surface area contributed by atoms with Gasteiger partial charge in [-0.1, -0.05) is 253 Å². The first kappa shape index (κ1) is 92.0. The van der Waals surface area contributed by atoms with Gasteiger partial charge in [0.2, 0.25) is 0 Å². The number of carbonyl (C=O) groups is 4. The number of esters is 4. The summed E-state index contributed by atoms with van der Waals surface area (Å²) >= 11 is 0. The van der Waals surface area contributed by atoms with Gasteiger partial charge in [0.25, 0.3) is 0 Å². The Balaban J connectivity index is 5.33. The van der Waals surface area contributed by atoms with Gasteiger partial charge in [-0.15, -0.1) is 0 Å². The Morgan fingerprint density at radius 2 is 0.542 bits per heavy atom. The summed E-state index contributed by atoms with van der Waals surface area (Å²) in [6.07, 6.45) is 71.2. The molecule has 17 nitrogen and oxygen atoms in total. The lowest BCUT2D eigenvalue weighted by atomic mass is 10.1. The number of rotatable bonds is 70. The lowest BCUT2D eigenvalue weighted by Crippen LogP contribution is -2.30. The molecule has 0 aromatic rings. The van der Waals surface area contributed by atoms with Crippen LogP contribution in [0.25, 0.3) is 0 Å². The molecule has 554 valence electrons. The van der Waals surface area contributed by atoms with E-state index < -0.39 is 97.5 Å². The van der Waals surface area contributed by atoms with Crippen LogP contribution in [0.1, 0.15) is 310 Å². The molecule has 0 saturated carbocycles. The minimum absolute atomic E-state index is 0.0810. The van der Waals surface area contributed by atoms with Crippen LogP contribution >= 0.6 is 15.6 Å². The van der Waals surface area contributed by atoms with E-state index in [4.69, 9.17) is 37.0 Å². The molecule has 5 unspecified atom stereocenters. The number of allylic oxidation sites excluding steroid dienone is 16. The van der Waals surface area contributed by atoms with Crippen molar-refractivity contribution in [2.75, 3.05) is 39.6 Å². The molecule has 5 atom stereocenters. The molecule has 0 aromatic carbocycles. The van der Waals surface area contributed by atoms with Gasteiger partial charge in [-0.25, -0.2) is 9.13 Å². The van der Waals surface area contributed by atoms with E-state index >= 15 is 0 Å². The van der Waals surface area contributed by atoms with Gasteiger partial charge in [-0.05, 0) is 128 Å². The standard InChI is InChI=1S/C77H134O17P2/c1-5-9-13-17-21-25-29-31-33-35-37-39-43-46-50-54-58-62-75(80)88-68-73(94-77(82)64-60-56-52-48-44-40-38-36-34-32-30-26-22-18-14-10-6-2)70-92-96(85,86)90-66-71(78)65-89-95(83,84)91-69-72(93-76(81)63-59-55-51-47-42-28-24-20-16-12-8-4)67-87-74(79)61-57-53-49-45-41-27-23-19-15-11-7-3/h9-10,13-14,19-26,31-34,71-73,78H,5-8,11-12,15-18,27-30,35-70H2,1-4H3,(H,83,84)(H,85,86)/b13-9-,14-10-,23-19-,24-20-,25-21-,26-22-,33-31-,34-32-. The maximum Gasteiger partial charge on any atom is 0.472 e. The van der Waals surface area contributed by atoms with E-state index in [1.165, 1.54) is 25.7 Å². The van der Waals surface area contributed by atoms with Crippen LogP contribution in [-0.4, -0.2) is 96.7 Å². The molecule has 0 amide bonds. The number of hydrogen-bond acceptors (Lipinski definition) is 15. The molecule has 0 aliphatic carbocycles. The van der Waals surface area contributed by atoms with Crippen LogP contribution in [0.3, 0.4) is 0 Å². The van der Waals surface area contributed by atoms with Crippen molar-refractivity contribution in [3.63, 3.8) is 0 Å². The highest BCUT2D eigenvalue weighted by atomic mass is 31.2. The smallest absolute Gasteiger partial charge is 0.462 e. The SMILES string of the molecule is CC/C=C\C/C=C\C/C=C\CCCCCCCCCC(=O)OCC(COP(=O)(O)OCC(O)COP(=O)(O)OCC(COC(=O)CCCCCCC/C=C\CCCC)OC(=O)CCCCCCC/C=C\CCCC)OC(=O)CCCCCCCCC/C=C\C/C=C\C/C=C\CC. The van der Waals surface area contributed by atoms with Gasteiger partial charge < -0.3 is 33.8 Å². The summed E-state index contributed by atoms with van der Waals surface area (Å²) in [5.41, 5.74) is 0. The Morgan fingerprint density at radius 3 is 0.844 bits per heavy atom. The summed E-state index contributed by atoms with van der Waals surface area (Å²) in [5, 5.41) is 10.6. The summed E-state index contributed by atoms with van der Waals surface area (Å²) < 4.78 is 68.4. The molecule has 0 bridgehead atoms. The van der Waals surface area contributed by atoms with E-state index in [2.05, 4.69) is 125 Å². The van der Waals surface area contributed by atoms with Crippen molar-refractivity contribution in [2.24, 2.45) is 0 Å². The second kappa shape index (κ2) is 69.5. The highest BCUT2D eigenvalue weighted by Gasteiger charge is 2.30. The third kappa shape index (κ3) is 68.5. The summed E-state index contributed by atoms with van der Waals surface area (Å²) in [4.78, 5) is 72.7. The van der Waals surface area contributed by atoms with Gasteiger partial charge >= 0.3 is 39.5 Å². The van der Waals surface area contributed by atoms with E-state index in [1.807, 2.05) is 0 Å². The predicted molar refractivity (Wildman–Crippen MR) is 390 cm³/mol. The zero-order chi connectivity index (χ0) is 70.4. The monoisotopic (exact) mass is 1390 g/mol. The van der Waals surface area contributed by atoms with Crippen molar-refractivity contribution in [3.8, 4) is 0 Å². The van der Waals surface area contributed by atoms with Crippen molar-refractivity contribution < 1.29 is 80.2 Å². The van der Waals surface area contributed by atoms with E-state index in [0.29, 0.717) is 25.7 Å². The number of phosphoric acid groups is 2. The third-order valence-electron chi connectivity index (χ3n) is 15.5. The van der Waals surface area contributed by atoms with Crippen molar-refractivity contribution >= 4 is 39.5 Å². The number of aliphatic hydroxyl groups is 1. The maximum absolute atomic E-state index is 13.1. The highest BCUT2D eigenvalue weighted by molar-refractivity contribution is 7.47. The normalized spacial score (nSPS) is 14.5. The summed E-state index contributed by atoms with van der Waals surface area (Å²) in [5.74, 6) is -2.21. The number of hydrogen-bond donors (Lipinski definition) is 3. The Hall–Kier alpha value is -4.02. The van der Waals surface area contributed by atoms with Crippen molar-refractivity contribution in [1.29, 1.82) is 0 Å². The third-order valence-corrected chi connectivity index (χ3v) is 17.4. The van der Waals surface area contributed by atoms with Crippen molar-refractivity contribution in [2.45, 2.75) is 329 Å². The first-order valence-corrected chi connectivity index (χ1v) is 40.5. The van der Waals surface area contributed by atoms with Gasteiger partial charge in [0, 0.05) is 25.7 Å². The maximum atomic E-state index is 13.1. The molecule has 0 spiro atoms. The molecule has 0 aliphatic heterocycles. The van der Waals surface area contributed by atoms with Crippen molar-refractivity contribution in [1.82, 2.24) is 0 Å². The molecule has 0 aromatic heterocycles. The lowest BCUT2D eigenvalue weighted by molar-refractivity contribution is -0.161. The van der Waals surface area contributed by atoms with Crippen LogP contribution in [0.2, 0.25) is 0 Å². The second-order valence-corrected chi connectivity index (χ2v) is 27.7. The van der Waals surface area contributed by atoms with Crippen LogP contribution in [0.5, 0.6) is 0 Å². The molecule has 0 saturated heterocycles. The molecule has 0 heterocycles. The average molecular weight is 1390 g/mol. The predicted octanol–water partition coefficient (Wildman–Crippen LogP) is 21.2. The average Bonchev–Trinajstić information content (AvgIpc) is 1.85. The molecule has 0 aliphatic rings. The van der Waals surface area contributed by atoms with E-state index in [0.717, 1.165) is 205 Å². The Labute approximate surface area is 582 Å². The highest BCUT2D eigenvalue weighted by Crippen LogP contribution is 2.45. The minimum Gasteiger partial charge on any atom is -0.462 e. The van der Waals surface area contributed by atoms with Crippen LogP contribution in [0, 0.1) is 0 Å². The minimum atomic E-state index is -4.98. The largest absolute Gasteiger partial charge is 0.472 e. The fourth-order valence-electron chi connectivity index (χ4n) is 9.80. The fourth-order valence-corrected chi connectivity index (χ4v) is 11.4. The van der Waals surface area contributed by atoms with E-state index in [-0.39, 0.29) is 25.7 Å². The number of aliphatic hydroxyl groups excluding tert-OH is 1. The molecule has 0 fully saturated rings. The van der Waals surface area contributed by atoms with Crippen LogP contribution < -0.4 is 0 Å². The molecular formula is C77H134O17P2. The summed E-state index contributed by atoms with van der Waals surface area (Å²) in [6.45, 7) is 4.54. The molecule has 3 N–H and O–H groups in total. The van der Waals surface area contributed by atoms with Gasteiger partial charge in [-0.3, -0.25) is 37.3 Å². The first-order valence-electron chi connectivity index (χ1n) is 37.5. The van der Waals surface area contributed by atoms with Gasteiger partial charge in [0.15, 0.2) is 12.2 Å². The molecular weight excluding hydrogens is 1260 g/mol.